The molecule has 5 rings (SSSR count). The van der Waals surface area contributed by atoms with Crippen molar-refractivity contribution >= 4 is 29.0 Å². The Morgan fingerprint density at radius 1 is 1.05 bits per heavy atom. The van der Waals surface area contributed by atoms with E-state index in [2.05, 4.69) is 0 Å². The fourth-order valence-corrected chi connectivity index (χ4v) is 6.56. The van der Waals surface area contributed by atoms with Crippen molar-refractivity contribution in [3.63, 3.8) is 0 Å². The van der Waals surface area contributed by atoms with Crippen molar-refractivity contribution in [3.8, 4) is 16.9 Å². The summed E-state index contributed by atoms with van der Waals surface area (Å²) < 4.78 is 28.3. The Morgan fingerprint density at radius 3 is 2.32 bits per heavy atom. The van der Waals surface area contributed by atoms with Crippen molar-refractivity contribution in [3.05, 3.63) is 53.1 Å². The van der Waals surface area contributed by atoms with Crippen LogP contribution in [0.25, 0.3) is 11.1 Å². The Morgan fingerprint density at radius 2 is 1.71 bits per heavy atom. The standard InChI is InChI=1S/C27H24F2N2O7/c1-31(2)21-15-8-10-7-14-12(13-4-3-11(28)9-16(13)29)5-6-17(32)19(14)22(33)18(10)24(35)27(15,38)25(36)20(23(21)34)26(30)37/h3-6,9-10,15,18,20-21,32,38H,7-8H2,1-2H3,(H2,30,37). The predicted octanol–water partition coefficient (Wildman–Crippen LogP) is 0.812. The number of hydrogen-bond acceptors (Lipinski definition) is 8. The largest absolute Gasteiger partial charge is 0.507 e. The molecule has 2 fully saturated rings. The number of phenolic OH excluding ortho intramolecular Hbond substituents is 1. The van der Waals surface area contributed by atoms with Gasteiger partial charge in [-0.25, -0.2) is 8.78 Å². The van der Waals surface area contributed by atoms with Gasteiger partial charge in [0.05, 0.1) is 17.5 Å². The molecular weight excluding hydrogens is 502 g/mol. The molecular formula is C27H24F2N2O7. The number of ketones is 4. The summed E-state index contributed by atoms with van der Waals surface area (Å²) in [6.07, 6.45) is -0.169. The second-order valence-electron chi connectivity index (χ2n) is 10.4. The fourth-order valence-electron chi connectivity index (χ4n) is 6.56. The summed E-state index contributed by atoms with van der Waals surface area (Å²) in [4.78, 5) is 67.3. The molecule has 0 spiro atoms. The number of hydrogen-bond donors (Lipinski definition) is 3. The third-order valence-electron chi connectivity index (χ3n) is 8.17. The van der Waals surface area contributed by atoms with E-state index in [1.54, 1.807) is 0 Å². The number of amides is 1. The van der Waals surface area contributed by atoms with Gasteiger partial charge in [0.2, 0.25) is 5.91 Å². The van der Waals surface area contributed by atoms with E-state index < -0.39 is 81.7 Å². The Hall–Kier alpha value is -3.83. The van der Waals surface area contributed by atoms with E-state index in [1.165, 1.54) is 31.1 Å². The lowest BCUT2D eigenvalue weighted by Gasteiger charge is -2.52. The minimum Gasteiger partial charge on any atom is -0.507 e. The molecule has 9 nitrogen and oxygen atoms in total. The molecule has 3 aliphatic rings. The van der Waals surface area contributed by atoms with E-state index in [-0.39, 0.29) is 35.1 Å². The summed E-state index contributed by atoms with van der Waals surface area (Å²) >= 11 is 0. The number of likely N-dealkylation sites (N-methyl/N-ethyl adjacent to an activating group) is 1. The first-order valence-electron chi connectivity index (χ1n) is 12.0. The van der Waals surface area contributed by atoms with Crippen LogP contribution < -0.4 is 5.73 Å². The molecule has 2 aromatic rings. The zero-order chi connectivity index (χ0) is 27.8. The van der Waals surface area contributed by atoms with Crippen LogP contribution in [-0.2, 0) is 25.6 Å². The van der Waals surface area contributed by atoms with Gasteiger partial charge in [-0.1, -0.05) is 6.07 Å². The van der Waals surface area contributed by atoms with Crippen molar-refractivity contribution in [1.82, 2.24) is 4.90 Å². The number of aliphatic hydroxyl groups is 1. The summed E-state index contributed by atoms with van der Waals surface area (Å²) in [6, 6.07) is 4.23. The van der Waals surface area contributed by atoms with Crippen LogP contribution in [0.2, 0.25) is 0 Å². The summed E-state index contributed by atoms with van der Waals surface area (Å²) in [5.74, 6) is -13.4. The normalized spacial score (nSPS) is 30.6. The molecule has 1 amide bonds. The fraction of sp³-hybridized carbons (Fsp3) is 0.370. The van der Waals surface area contributed by atoms with Gasteiger partial charge in [-0.05, 0) is 62.2 Å². The van der Waals surface area contributed by atoms with E-state index in [0.29, 0.717) is 6.07 Å². The van der Waals surface area contributed by atoms with Gasteiger partial charge in [0.25, 0.3) is 0 Å². The highest BCUT2D eigenvalue weighted by atomic mass is 19.1. The highest BCUT2D eigenvalue weighted by molar-refractivity contribution is 6.32. The minimum atomic E-state index is -2.83. The zero-order valence-electron chi connectivity index (χ0n) is 20.4. The molecule has 6 atom stereocenters. The Kier molecular flexibility index (Phi) is 5.84. The number of nitrogens with two attached hydrogens (primary N) is 1. The lowest BCUT2D eigenvalue weighted by molar-refractivity contribution is -0.181. The van der Waals surface area contributed by atoms with Crippen LogP contribution in [0.15, 0.2) is 30.3 Å². The van der Waals surface area contributed by atoms with Crippen LogP contribution in [-0.4, -0.2) is 69.9 Å². The molecule has 6 unspecified atom stereocenters. The van der Waals surface area contributed by atoms with Crippen LogP contribution in [0, 0.1) is 35.3 Å². The van der Waals surface area contributed by atoms with Gasteiger partial charge in [-0.15, -0.1) is 0 Å². The molecule has 2 saturated carbocycles. The summed E-state index contributed by atoms with van der Waals surface area (Å²) in [5.41, 5.74) is 2.62. The van der Waals surface area contributed by atoms with Crippen LogP contribution >= 0.6 is 0 Å². The van der Waals surface area contributed by atoms with Crippen molar-refractivity contribution in [2.24, 2.45) is 29.4 Å². The van der Waals surface area contributed by atoms with Crippen LogP contribution in [0.3, 0.4) is 0 Å². The first kappa shape index (κ1) is 25.8. The van der Waals surface area contributed by atoms with E-state index in [4.69, 9.17) is 5.73 Å². The number of carbonyl (C=O) groups excluding carboxylic acids is 5. The maximum Gasteiger partial charge on any atom is 0.235 e. The molecule has 198 valence electrons. The van der Waals surface area contributed by atoms with Crippen molar-refractivity contribution in [2.45, 2.75) is 24.5 Å². The second-order valence-corrected chi connectivity index (χ2v) is 10.4. The lowest BCUT2D eigenvalue weighted by Crippen LogP contribution is -2.74. The molecule has 2 aromatic carbocycles. The quantitative estimate of drug-likeness (QED) is 0.497. The number of carbonyl (C=O) groups is 5. The maximum atomic E-state index is 14.7. The van der Waals surface area contributed by atoms with Gasteiger partial charge in [0.15, 0.2) is 34.7 Å². The van der Waals surface area contributed by atoms with Gasteiger partial charge in [0.1, 0.15) is 17.4 Å². The monoisotopic (exact) mass is 526 g/mol. The second kappa shape index (κ2) is 8.60. The molecule has 0 saturated heterocycles. The first-order chi connectivity index (χ1) is 17.8. The average molecular weight is 526 g/mol. The minimum absolute atomic E-state index is 0.0222. The number of nitrogens with zero attached hydrogens (tertiary/aromatic N) is 1. The van der Waals surface area contributed by atoms with Gasteiger partial charge in [-0.3, -0.25) is 28.9 Å². The highest BCUT2D eigenvalue weighted by Crippen LogP contribution is 2.51. The van der Waals surface area contributed by atoms with Gasteiger partial charge >= 0.3 is 0 Å². The summed E-state index contributed by atoms with van der Waals surface area (Å²) in [5, 5.41) is 22.1. The zero-order valence-corrected chi connectivity index (χ0v) is 20.4. The number of rotatable bonds is 3. The third kappa shape index (κ3) is 3.38. The van der Waals surface area contributed by atoms with Crippen molar-refractivity contribution in [1.29, 1.82) is 0 Å². The van der Waals surface area contributed by atoms with E-state index in [0.717, 1.165) is 12.1 Å². The van der Waals surface area contributed by atoms with Crippen LogP contribution in [0.5, 0.6) is 5.75 Å². The van der Waals surface area contributed by atoms with Crippen LogP contribution in [0.1, 0.15) is 22.3 Å². The Balaban J connectivity index is 1.67. The summed E-state index contributed by atoms with van der Waals surface area (Å²) in [7, 11) is 2.98. The molecule has 38 heavy (non-hydrogen) atoms. The Bertz CT molecular complexity index is 1460. The lowest BCUT2D eigenvalue weighted by atomic mass is 9.52. The number of aromatic hydroxyl groups is 1. The van der Waals surface area contributed by atoms with Crippen molar-refractivity contribution < 1.29 is 43.0 Å². The summed E-state index contributed by atoms with van der Waals surface area (Å²) in [6.45, 7) is 0. The highest BCUT2D eigenvalue weighted by Gasteiger charge is 2.69. The first-order valence-corrected chi connectivity index (χ1v) is 12.0. The molecule has 0 bridgehead atoms. The number of fused-ring (bicyclic) bond motifs is 3. The van der Waals surface area contributed by atoms with E-state index >= 15 is 0 Å². The smallest absolute Gasteiger partial charge is 0.235 e. The SMILES string of the molecule is CN(C)C1C(=O)C(C(N)=O)C(=O)C2(O)C(=O)C3C(=O)c4c(O)ccc(-c5ccc(F)cc5F)c4CC3CC12. The average Bonchev–Trinajstić information content (AvgIpc) is 2.81. The number of benzene rings is 2. The number of Topliss-reactive ketones (excluding diaryl/α,β-unsaturated/α-hetero) is 4. The third-order valence-corrected chi connectivity index (χ3v) is 8.17. The molecule has 0 aromatic heterocycles. The maximum absolute atomic E-state index is 14.7. The predicted molar refractivity (Wildman–Crippen MR) is 127 cm³/mol. The number of primary amides is 1. The molecule has 11 heteroatoms. The van der Waals surface area contributed by atoms with E-state index in [1.807, 2.05) is 0 Å². The van der Waals surface area contributed by atoms with Crippen molar-refractivity contribution in [2.75, 3.05) is 14.1 Å². The van der Waals surface area contributed by atoms with Crippen LogP contribution in [0.4, 0.5) is 8.78 Å². The topological polar surface area (TPSA) is 155 Å². The molecule has 3 aliphatic carbocycles. The van der Waals surface area contributed by atoms with Gasteiger partial charge in [-0.2, -0.15) is 0 Å². The van der Waals surface area contributed by atoms with Gasteiger partial charge < -0.3 is 15.9 Å². The number of phenols is 1. The molecule has 0 radical (unpaired) electrons. The number of halogens is 2. The Labute approximate surface area is 215 Å². The van der Waals surface area contributed by atoms with E-state index in [9.17, 15) is 43.0 Å². The molecule has 0 aliphatic heterocycles. The van der Waals surface area contributed by atoms with Gasteiger partial charge in [0, 0.05) is 17.5 Å². The molecule has 0 heterocycles. The molecule has 4 N–H and O–H groups in total.